The smallest absolute Gasteiger partial charge is 0.435 e. The van der Waals surface area contributed by atoms with Gasteiger partial charge < -0.3 is 9.47 Å². The zero-order valence-electron chi connectivity index (χ0n) is 19.3. The zero-order valence-corrected chi connectivity index (χ0v) is 21.6. The van der Waals surface area contributed by atoms with Gasteiger partial charge in [0.2, 0.25) is 12.2 Å². The first kappa shape index (κ1) is 31.7. The van der Waals surface area contributed by atoms with Crippen LogP contribution in [0.1, 0.15) is 30.7 Å². The van der Waals surface area contributed by atoms with Crippen LogP contribution in [0.25, 0.3) is 0 Å². The van der Waals surface area contributed by atoms with E-state index in [1.807, 2.05) is 0 Å². The highest BCUT2D eigenvalue weighted by Gasteiger charge is 2.44. The van der Waals surface area contributed by atoms with Crippen molar-refractivity contribution >= 4 is 45.1 Å². The SMILES string of the molecule is CCOC(=O)C(OCC)N(c1cc(C(F)(F)F)cc(C(F)(F)F)c1Br)c1nc(C(F)(F)F)c(Cl)c(=O)n1C. The van der Waals surface area contributed by atoms with E-state index in [4.69, 9.17) is 21.1 Å². The molecule has 0 bridgehead atoms. The van der Waals surface area contributed by atoms with Crippen molar-refractivity contribution in [2.45, 2.75) is 38.6 Å². The number of carbonyl (C=O) groups is 1. The molecule has 0 fully saturated rings. The molecule has 0 saturated heterocycles. The average molecular weight is 649 g/mol. The Balaban J connectivity index is 3.17. The number of benzene rings is 1. The third-order valence-electron chi connectivity index (χ3n) is 4.69. The van der Waals surface area contributed by atoms with Crippen molar-refractivity contribution in [3.8, 4) is 0 Å². The van der Waals surface area contributed by atoms with E-state index in [0.29, 0.717) is 4.57 Å². The summed E-state index contributed by atoms with van der Waals surface area (Å²) in [5, 5.41) is -1.44. The molecular weight excluding hydrogens is 633 g/mol. The second-order valence-corrected chi connectivity index (χ2v) is 8.39. The molecule has 1 atom stereocenters. The minimum absolute atomic E-state index is 0.110. The molecule has 2 rings (SSSR count). The van der Waals surface area contributed by atoms with Crippen molar-refractivity contribution in [3.05, 3.63) is 48.8 Å². The number of anilines is 2. The monoisotopic (exact) mass is 647 g/mol. The Hall–Kier alpha value is -2.53. The maximum atomic E-state index is 13.7. The number of rotatable bonds is 7. The van der Waals surface area contributed by atoms with Gasteiger partial charge in [-0.15, -0.1) is 0 Å². The molecule has 1 aromatic carbocycles. The van der Waals surface area contributed by atoms with Gasteiger partial charge in [0.1, 0.15) is 5.02 Å². The Labute approximate surface area is 221 Å². The van der Waals surface area contributed by atoms with Gasteiger partial charge in [0.05, 0.1) is 27.9 Å². The molecule has 0 N–H and O–H groups in total. The highest BCUT2D eigenvalue weighted by atomic mass is 79.9. The Morgan fingerprint density at radius 2 is 1.63 bits per heavy atom. The molecule has 38 heavy (non-hydrogen) atoms. The molecule has 1 unspecified atom stereocenters. The molecule has 7 nitrogen and oxygen atoms in total. The first-order valence-corrected chi connectivity index (χ1v) is 11.3. The van der Waals surface area contributed by atoms with Gasteiger partial charge in [-0.05, 0) is 41.9 Å². The predicted octanol–water partition coefficient (Wildman–Crippen LogP) is 6.32. The van der Waals surface area contributed by atoms with Gasteiger partial charge in [-0.2, -0.15) is 39.5 Å². The Bertz CT molecular complexity index is 1260. The number of ether oxygens (including phenoxy) is 2. The van der Waals surface area contributed by atoms with E-state index in [1.54, 1.807) is 0 Å². The van der Waals surface area contributed by atoms with Gasteiger partial charge in [-0.1, -0.05) is 11.6 Å². The lowest BCUT2D eigenvalue weighted by atomic mass is 10.1. The van der Waals surface area contributed by atoms with Crippen molar-refractivity contribution in [1.82, 2.24) is 9.55 Å². The van der Waals surface area contributed by atoms with Gasteiger partial charge in [-0.25, -0.2) is 9.78 Å². The third kappa shape index (κ3) is 6.54. The van der Waals surface area contributed by atoms with E-state index in [-0.39, 0.29) is 23.6 Å². The fraction of sp³-hybridized carbons (Fsp3) is 0.450. The molecule has 0 radical (unpaired) electrons. The number of esters is 1. The van der Waals surface area contributed by atoms with Crippen LogP contribution in [0, 0.1) is 0 Å². The van der Waals surface area contributed by atoms with Crippen LogP contribution in [-0.4, -0.2) is 35.0 Å². The van der Waals surface area contributed by atoms with Crippen molar-refractivity contribution < 1.29 is 53.8 Å². The normalized spacial score (nSPS) is 13.4. The molecule has 0 aliphatic rings. The van der Waals surface area contributed by atoms with E-state index >= 15 is 0 Å². The summed E-state index contributed by atoms with van der Waals surface area (Å²) in [5.74, 6) is -2.66. The fourth-order valence-electron chi connectivity index (χ4n) is 3.08. The first-order chi connectivity index (χ1) is 17.3. The van der Waals surface area contributed by atoms with Crippen LogP contribution in [0.3, 0.4) is 0 Å². The van der Waals surface area contributed by atoms with Crippen LogP contribution < -0.4 is 10.5 Å². The average Bonchev–Trinajstić information content (AvgIpc) is 2.76. The Morgan fingerprint density at radius 1 is 1.05 bits per heavy atom. The first-order valence-electron chi connectivity index (χ1n) is 10.2. The maximum Gasteiger partial charge on any atom is 0.435 e. The van der Waals surface area contributed by atoms with Crippen molar-refractivity contribution in [2.75, 3.05) is 18.1 Å². The lowest BCUT2D eigenvalue weighted by Crippen LogP contribution is -2.45. The highest BCUT2D eigenvalue weighted by molar-refractivity contribution is 9.10. The summed E-state index contributed by atoms with van der Waals surface area (Å²) >= 11 is 8.04. The van der Waals surface area contributed by atoms with E-state index in [0.717, 1.165) is 7.05 Å². The number of alkyl halides is 9. The predicted molar refractivity (Wildman–Crippen MR) is 118 cm³/mol. The van der Waals surface area contributed by atoms with Crippen LogP contribution >= 0.6 is 27.5 Å². The van der Waals surface area contributed by atoms with E-state index in [1.165, 1.54) is 13.8 Å². The largest absolute Gasteiger partial charge is 0.463 e. The molecule has 0 aliphatic carbocycles. The van der Waals surface area contributed by atoms with E-state index in [2.05, 4.69) is 20.9 Å². The van der Waals surface area contributed by atoms with Crippen LogP contribution in [0.5, 0.6) is 0 Å². The van der Waals surface area contributed by atoms with Crippen molar-refractivity contribution in [3.63, 3.8) is 0 Å². The molecule has 18 heteroatoms. The summed E-state index contributed by atoms with van der Waals surface area (Å²) in [6, 6.07) is -0.139. The molecule has 1 aromatic heterocycles. The molecule has 1 heterocycles. The molecule has 2 aromatic rings. The zero-order chi connectivity index (χ0) is 29.4. The second-order valence-electron chi connectivity index (χ2n) is 7.22. The minimum atomic E-state index is -5.41. The number of hydrogen-bond acceptors (Lipinski definition) is 6. The van der Waals surface area contributed by atoms with Crippen molar-refractivity contribution in [1.29, 1.82) is 0 Å². The molecular formula is C20H16BrClF9N3O4. The Morgan fingerprint density at radius 3 is 2.08 bits per heavy atom. The molecule has 0 amide bonds. The molecule has 0 aliphatic heterocycles. The third-order valence-corrected chi connectivity index (χ3v) is 5.86. The topological polar surface area (TPSA) is 73.7 Å². The van der Waals surface area contributed by atoms with Crippen molar-refractivity contribution in [2.24, 2.45) is 7.05 Å². The molecule has 212 valence electrons. The maximum absolute atomic E-state index is 13.7. The van der Waals surface area contributed by atoms with Gasteiger partial charge in [0, 0.05) is 13.7 Å². The standard InChI is InChI=1S/C20H16BrClF9N3O4/c1-4-37-15(16(36)38-5-2)34(17-32-13(20(29,30)31)12(22)14(35)33(17)3)10-7-8(18(23,24)25)6-9(11(10)21)19(26,27)28/h6-7,15H,4-5H2,1-3H3. The summed E-state index contributed by atoms with van der Waals surface area (Å²) in [6.07, 6.45) is -18.5. The number of halogens is 11. The molecule has 0 spiro atoms. The van der Waals surface area contributed by atoms with Crippen LogP contribution in [-0.2, 0) is 39.8 Å². The van der Waals surface area contributed by atoms with Gasteiger partial charge in [0.25, 0.3) is 5.56 Å². The van der Waals surface area contributed by atoms with Crippen LogP contribution in [0.4, 0.5) is 51.1 Å². The van der Waals surface area contributed by atoms with Crippen LogP contribution in [0.2, 0.25) is 5.02 Å². The lowest BCUT2D eigenvalue weighted by Gasteiger charge is -2.33. The summed E-state index contributed by atoms with van der Waals surface area (Å²) in [6.45, 7) is 1.76. The number of aromatic nitrogens is 2. The quantitative estimate of drug-likeness (QED) is 0.199. The summed E-state index contributed by atoms with van der Waals surface area (Å²) < 4.78 is 132. The van der Waals surface area contributed by atoms with Gasteiger partial charge in [-0.3, -0.25) is 14.3 Å². The van der Waals surface area contributed by atoms with E-state index < -0.39 is 80.8 Å². The number of carbonyl (C=O) groups excluding carboxylic acids is 1. The number of hydrogen-bond donors (Lipinski definition) is 0. The molecule has 0 saturated carbocycles. The Kier molecular flexibility index (Phi) is 9.42. The highest BCUT2D eigenvalue weighted by Crippen LogP contribution is 2.46. The minimum Gasteiger partial charge on any atom is -0.463 e. The van der Waals surface area contributed by atoms with Gasteiger partial charge in [0.15, 0.2) is 5.69 Å². The second kappa shape index (κ2) is 11.3. The van der Waals surface area contributed by atoms with Crippen LogP contribution in [0.15, 0.2) is 21.4 Å². The fourth-order valence-corrected chi connectivity index (χ4v) is 4.00. The number of nitrogens with zero attached hydrogens (tertiary/aromatic N) is 3. The summed E-state index contributed by atoms with van der Waals surface area (Å²) in [4.78, 5) is 28.6. The summed E-state index contributed by atoms with van der Waals surface area (Å²) in [5.41, 5.74) is -8.55. The lowest BCUT2D eigenvalue weighted by molar-refractivity contribution is -0.155. The van der Waals surface area contributed by atoms with E-state index in [9.17, 15) is 49.1 Å². The summed E-state index contributed by atoms with van der Waals surface area (Å²) in [7, 11) is 0.782. The van der Waals surface area contributed by atoms with Gasteiger partial charge >= 0.3 is 24.5 Å².